The van der Waals surface area contributed by atoms with Gasteiger partial charge in [0.2, 0.25) is 5.95 Å². The van der Waals surface area contributed by atoms with E-state index in [1.54, 1.807) is 42.7 Å². The van der Waals surface area contributed by atoms with Gasteiger partial charge in [0.05, 0.1) is 4.90 Å². The van der Waals surface area contributed by atoms with Gasteiger partial charge < -0.3 is 5.32 Å². The lowest BCUT2D eigenvalue weighted by atomic mass is 10.3. The largest absolute Gasteiger partial charge is 0.324 e. The maximum absolute atomic E-state index is 11.0. The van der Waals surface area contributed by atoms with Gasteiger partial charge in [0.1, 0.15) is 11.0 Å². The molecule has 5 nitrogen and oxygen atoms in total. The molecule has 0 saturated carbocycles. The second-order valence-corrected chi connectivity index (χ2v) is 4.09. The Kier molecular flexibility index (Phi) is 3.23. The molecule has 1 heterocycles. The van der Waals surface area contributed by atoms with Crippen molar-refractivity contribution in [1.29, 1.82) is 0 Å². The molecular weight excluding hydrogens is 224 g/mol. The van der Waals surface area contributed by atoms with Gasteiger partial charge in [-0.05, 0) is 30.3 Å². The Hall–Kier alpha value is -1.79. The van der Waals surface area contributed by atoms with Gasteiger partial charge in [0, 0.05) is 18.1 Å². The fourth-order valence-electron chi connectivity index (χ4n) is 1.17. The number of nitrogens with one attached hydrogen (secondary N) is 1. The number of nitrogens with zero attached hydrogens (tertiary/aromatic N) is 2. The highest BCUT2D eigenvalue weighted by atomic mass is 32.2. The van der Waals surface area contributed by atoms with Crippen molar-refractivity contribution in [3.05, 3.63) is 42.7 Å². The van der Waals surface area contributed by atoms with Crippen LogP contribution in [0.3, 0.4) is 0 Å². The van der Waals surface area contributed by atoms with E-state index < -0.39 is 11.0 Å². The fourth-order valence-corrected chi connectivity index (χ4v) is 1.57. The molecule has 0 radical (unpaired) electrons. The van der Waals surface area contributed by atoms with Gasteiger partial charge in [-0.2, -0.15) is 0 Å². The van der Waals surface area contributed by atoms with Crippen LogP contribution in [0.15, 0.2) is 47.6 Å². The molecule has 6 heteroatoms. The van der Waals surface area contributed by atoms with E-state index in [0.29, 0.717) is 10.8 Å². The molecule has 3 N–H and O–H groups in total. The number of rotatable bonds is 3. The number of benzene rings is 1. The summed E-state index contributed by atoms with van der Waals surface area (Å²) in [5, 5.41) is 8.25. The van der Waals surface area contributed by atoms with Gasteiger partial charge in [-0.3, -0.25) is 0 Å². The Morgan fingerprint density at radius 2 is 1.75 bits per heavy atom. The average Bonchev–Trinajstić information content (AvgIpc) is 2.31. The molecule has 82 valence electrons. The second-order valence-electron chi connectivity index (χ2n) is 3.02. The molecule has 1 atom stereocenters. The van der Waals surface area contributed by atoms with Crippen LogP contribution in [0.2, 0.25) is 0 Å². The number of anilines is 2. The van der Waals surface area contributed by atoms with Crippen LogP contribution >= 0.6 is 0 Å². The summed E-state index contributed by atoms with van der Waals surface area (Å²) in [5.41, 5.74) is 0.820. The van der Waals surface area contributed by atoms with Gasteiger partial charge >= 0.3 is 0 Å². The SMILES string of the molecule is NS(=O)c1ccc(Nc2ncccn2)cc1. The van der Waals surface area contributed by atoms with Gasteiger partial charge in [0.25, 0.3) is 0 Å². The van der Waals surface area contributed by atoms with E-state index in [0.717, 1.165) is 5.69 Å². The topological polar surface area (TPSA) is 80.9 Å². The summed E-state index contributed by atoms with van der Waals surface area (Å²) < 4.78 is 11.0. The van der Waals surface area contributed by atoms with E-state index in [9.17, 15) is 4.21 Å². The molecule has 0 aliphatic rings. The van der Waals surface area contributed by atoms with Gasteiger partial charge in [-0.15, -0.1) is 0 Å². The van der Waals surface area contributed by atoms with Crippen LogP contribution in [0, 0.1) is 0 Å². The number of aromatic nitrogens is 2. The summed E-state index contributed by atoms with van der Waals surface area (Å²) in [7, 11) is -1.44. The standard InChI is InChI=1S/C10H10N4OS/c11-16(15)9-4-2-8(3-5-9)14-10-12-6-1-7-13-10/h1-7H,11H2,(H,12,13,14). The first-order valence-electron chi connectivity index (χ1n) is 4.56. The molecular formula is C10H10N4OS. The third-order valence-electron chi connectivity index (χ3n) is 1.91. The molecule has 0 saturated heterocycles. The van der Waals surface area contributed by atoms with Crippen molar-refractivity contribution in [2.75, 3.05) is 5.32 Å². The van der Waals surface area contributed by atoms with Gasteiger partial charge in [-0.25, -0.2) is 19.3 Å². The molecule has 0 spiro atoms. The van der Waals surface area contributed by atoms with Crippen molar-refractivity contribution in [2.24, 2.45) is 5.14 Å². The van der Waals surface area contributed by atoms with Crippen molar-refractivity contribution >= 4 is 22.6 Å². The van der Waals surface area contributed by atoms with E-state index in [2.05, 4.69) is 15.3 Å². The highest BCUT2D eigenvalue weighted by Gasteiger charge is 1.99. The molecule has 0 amide bonds. The molecule has 1 unspecified atom stereocenters. The van der Waals surface area contributed by atoms with Gasteiger partial charge in [-0.1, -0.05) is 0 Å². The Balaban J connectivity index is 2.14. The average molecular weight is 234 g/mol. The first kappa shape index (κ1) is 10.7. The third-order valence-corrected chi connectivity index (χ3v) is 2.65. The van der Waals surface area contributed by atoms with Crippen LogP contribution in [-0.2, 0) is 11.0 Å². The summed E-state index contributed by atoms with van der Waals surface area (Å²) in [5.74, 6) is 0.518. The summed E-state index contributed by atoms with van der Waals surface area (Å²) in [6, 6.07) is 8.68. The minimum Gasteiger partial charge on any atom is -0.324 e. The Labute approximate surface area is 95.3 Å². The Morgan fingerprint density at radius 3 is 2.31 bits per heavy atom. The molecule has 1 aromatic heterocycles. The second kappa shape index (κ2) is 4.82. The quantitative estimate of drug-likeness (QED) is 0.836. The number of hydrogen-bond acceptors (Lipinski definition) is 4. The zero-order chi connectivity index (χ0) is 11.4. The summed E-state index contributed by atoms with van der Waals surface area (Å²) in [6.45, 7) is 0. The predicted octanol–water partition coefficient (Wildman–Crippen LogP) is 1.20. The van der Waals surface area contributed by atoms with Crippen LogP contribution in [0.4, 0.5) is 11.6 Å². The van der Waals surface area contributed by atoms with E-state index in [-0.39, 0.29) is 0 Å². The molecule has 1 aromatic carbocycles. The Bertz CT molecular complexity index is 486. The highest BCUT2D eigenvalue weighted by molar-refractivity contribution is 7.82. The van der Waals surface area contributed by atoms with Crippen molar-refractivity contribution in [3.63, 3.8) is 0 Å². The monoisotopic (exact) mass is 234 g/mol. The van der Waals surface area contributed by atoms with Crippen LogP contribution in [0.5, 0.6) is 0 Å². The minimum absolute atomic E-state index is 0.518. The molecule has 0 bridgehead atoms. The van der Waals surface area contributed by atoms with E-state index in [1.807, 2.05) is 0 Å². The normalized spacial score (nSPS) is 12.1. The van der Waals surface area contributed by atoms with Crippen molar-refractivity contribution in [1.82, 2.24) is 9.97 Å². The van der Waals surface area contributed by atoms with Crippen molar-refractivity contribution in [2.45, 2.75) is 4.90 Å². The first-order chi connectivity index (χ1) is 7.75. The maximum Gasteiger partial charge on any atom is 0.227 e. The third kappa shape index (κ3) is 2.62. The van der Waals surface area contributed by atoms with E-state index in [1.165, 1.54) is 0 Å². The zero-order valence-electron chi connectivity index (χ0n) is 8.33. The van der Waals surface area contributed by atoms with Crippen molar-refractivity contribution in [3.8, 4) is 0 Å². The smallest absolute Gasteiger partial charge is 0.227 e. The summed E-state index contributed by atoms with van der Waals surface area (Å²) >= 11 is 0. The molecule has 2 aromatic rings. The highest BCUT2D eigenvalue weighted by Crippen LogP contribution is 2.14. The van der Waals surface area contributed by atoms with E-state index in [4.69, 9.17) is 5.14 Å². The molecule has 2 rings (SSSR count). The predicted molar refractivity (Wildman–Crippen MR) is 62.4 cm³/mol. The van der Waals surface area contributed by atoms with Crippen molar-refractivity contribution < 1.29 is 4.21 Å². The number of nitrogens with two attached hydrogens (primary N) is 1. The molecule has 0 aliphatic carbocycles. The van der Waals surface area contributed by atoms with Crippen LogP contribution < -0.4 is 10.5 Å². The molecule has 0 aliphatic heterocycles. The Morgan fingerprint density at radius 1 is 1.12 bits per heavy atom. The molecule has 0 fully saturated rings. The van der Waals surface area contributed by atoms with Crippen LogP contribution in [-0.4, -0.2) is 14.2 Å². The lowest BCUT2D eigenvalue weighted by Crippen LogP contribution is -2.02. The van der Waals surface area contributed by atoms with Crippen LogP contribution in [0.1, 0.15) is 0 Å². The number of hydrogen-bond donors (Lipinski definition) is 2. The molecule has 16 heavy (non-hydrogen) atoms. The van der Waals surface area contributed by atoms with Gasteiger partial charge in [0.15, 0.2) is 0 Å². The summed E-state index contributed by atoms with van der Waals surface area (Å²) in [4.78, 5) is 8.63. The lowest BCUT2D eigenvalue weighted by Gasteiger charge is -2.04. The summed E-state index contributed by atoms with van der Waals surface area (Å²) in [6.07, 6.45) is 3.30. The minimum atomic E-state index is -1.44. The first-order valence-corrected chi connectivity index (χ1v) is 5.77. The lowest BCUT2D eigenvalue weighted by molar-refractivity contribution is 0.684. The zero-order valence-corrected chi connectivity index (χ0v) is 9.15. The maximum atomic E-state index is 11.0. The van der Waals surface area contributed by atoms with Crippen LogP contribution in [0.25, 0.3) is 0 Å². The fraction of sp³-hybridized carbons (Fsp3) is 0. The van der Waals surface area contributed by atoms with E-state index >= 15 is 0 Å².